The van der Waals surface area contributed by atoms with Gasteiger partial charge < -0.3 is 0 Å². The number of carbonyl (C=O) groups excluding carboxylic acids is 1. The molecule has 0 aromatic heterocycles. The number of hydrogen-bond donors (Lipinski definition) is 0. The fourth-order valence-corrected chi connectivity index (χ4v) is 2.83. The standard InChI is InChI=1S/C23H24O/c1-14(2)20-10-8-18(12-22(20)15(3)4)19-9-11-21(17(7)24)23(13-19)16(5)6/h8-13H,1,3,5H2,2,4,6-7H3. The van der Waals surface area contributed by atoms with Crippen LogP contribution in [0.4, 0.5) is 0 Å². The van der Waals surface area contributed by atoms with Crippen LogP contribution in [-0.4, -0.2) is 5.78 Å². The Balaban J connectivity index is 2.64. The van der Waals surface area contributed by atoms with Gasteiger partial charge in [0.25, 0.3) is 0 Å². The Bertz CT molecular complexity index is 792. The van der Waals surface area contributed by atoms with Crippen molar-refractivity contribution in [3.05, 3.63) is 78.4 Å². The molecule has 0 heterocycles. The van der Waals surface area contributed by atoms with Crippen molar-refractivity contribution < 1.29 is 4.79 Å². The van der Waals surface area contributed by atoms with Crippen LogP contribution in [0.3, 0.4) is 0 Å². The van der Waals surface area contributed by atoms with Gasteiger partial charge in [0, 0.05) is 5.56 Å². The molecule has 0 aliphatic carbocycles. The molecule has 0 N–H and O–H groups in total. The quantitative estimate of drug-likeness (QED) is 0.564. The third-order valence-electron chi connectivity index (χ3n) is 4.13. The molecule has 0 amide bonds. The average Bonchev–Trinajstić information content (AvgIpc) is 2.53. The van der Waals surface area contributed by atoms with E-state index in [1.807, 2.05) is 39.0 Å². The normalized spacial score (nSPS) is 10.3. The summed E-state index contributed by atoms with van der Waals surface area (Å²) in [7, 11) is 0. The van der Waals surface area contributed by atoms with Gasteiger partial charge in [-0.15, -0.1) is 0 Å². The summed E-state index contributed by atoms with van der Waals surface area (Å²) in [6.45, 7) is 19.7. The van der Waals surface area contributed by atoms with Crippen LogP contribution in [-0.2, 0) is 0 Å². The highest BCUT2D eigenvalue weighted by Gasteiger charge is 2.11. The molecule has 0 aliphatic heterocycles. The number of Topliss-reactive ketones (excluding diaryl/α,β-unsaturated/α-hetero) is 1. The third-order valence-corrected chi connectivity index (χ3v) is 4.13. The van der Waals surface area contributed by atoms with E-state index >= 15 is 0 Å². The first-order valence-corrected chi connectivity index (χ1v) is 7.99. The zero-order chi connectivity index (χ0) is 18.0. The van der Waals surface area contributed by atoms with E-state index in [1.54, 1.807) is 6.92 Å². The van der Waals surface area contributed by atoms with Crippen molar-refractivity contribution >= 4 is 22.5 Å². The Morgan fingerprint density at radius 1 is 0.625 bits per heavy atom. The lowest BCUT2D eigenvalue weighted by Gasteiger charge is -2.14. The van der Waals surface area contributed by atoms with E-state index in [-0.39, 0.29) is 5.78 Å². The molecule has 24 heavy (non-hydrogen) atoms. The fraction of sp³-hybridized carbons (Fsp3) is 0.174. The lowest BCUT2D eigenvalue weighted by molar-refractivity contribution is 0.101. The summed E-state index contributed by atoms with van der Waals surface area (Å²) in [6.07, 6.45) is 0. The summed E-state index contributed by atoms with van der Waals surface area (Å²) in [5.41, 5.74) is 8.92. The largest absolute Gasteiger partial charge is 0.294 e. The maximum Gasteiger partial charge on any atom is 0.160 e. The van der Waals surface area contributed by atoms with Crippen LogP contribution in [0.15, 0.2) is 56.1 Å². The second-order valence-corrected chi connectivity index (χ2v) is 6.42. The molecule has 0 saturated carbocycles. The van der Waals surface area contributed by atoms with Crippen molar-refractivity contribution in [3.63, 3.8) is 0 Å². The second kappa shape index (κ2) is 6.84. The fourth-order valence-electron chi connectivity index (χ4n) is 2.83. The van der Waals surface area contributed by atoms with E-state index in [0.29, 0.717) is 5.56 Å². The summed E-state index contributed by atoms with van der Waals surface area (Å²) in [6, 6.07) is 12.2. The van der Waals surface area contributed by atoms with Crippen molar-refractivity contribution in [1.82, 2.24) is 0 Å². The molecule has 0 radical (unpaired) electrons. The molecule has 1 nitrogen and oxygen atoms in total. The smallest absolute Gasteiger partial charge is 0.160 e. The zero-order valence-corrected chi connectivity index (χ0v) is 15.0. The van der Waals surface area contributed by atoms with Gasteiger partial charge in [-0.05, 0) is 67.6 Å². The summed E-state index contributed by atoms with van der Waals surface area (Å²) in [4.78, 5) is 11.8. The van der Waals surface area contributed by atoms with Crippen LogP contribution in [0.1, 0.15) is 54.7 Å². The molecule has 0 spiro atoms. The van der Waals surface area contributed by atoms with E-state index in [2.05, 4.69) is 37.9 Å². The maximum atomic E-state index is 11.8. The second-order valence-electron chi connectivity index (χ2n) is 6.42. The molecule has 0 unspecified atom stereocenters. The minimum absolute atomic E-state index is 0.0554. The van der Waals surface area contributed by atoms with Crippen LogP contribution in [0.5, 0.6) is 0 Å². The number of rotatable bonds is 5. The first-order valence-electron chi connectivity index (χ1n) is 7.99. The van der Waals surface area contributed by atoms with Crippen molar-refractivity contribution in [2.75, 3.05) is 0 Å². The Morgan fingerprint density at radius 3 is 1.38 bits per heavy atom. The molecule has 1 heteroatoms. The SMILES string of the molecule is C=C(C)c1ccc(-c2ccc(C(C)=O)c(C(=C)C)c2)cc1C(=C)C. The van der Waals surface area contributed by atoms with E-state index in [9.17, 15) is 4.79 Å². The van der Waals surface area contributed by atoms with Crippen molar-refractivity contribution in [2.45, 2.75) is 27.7 Å². The molecule has 0 saturated heterocycles. The van der Waals surface area contributed by atoms with Crippen LogP contribution in [0.25, 0.3) is 27.8 Å². The number of ketones is 1. The molecule has 0 bridgehead atoms. The zero-order valence-electron chi connectivity index (χ0n) is 15.0. The van der Waals surface area contributed by atoms with E-state index < -0.39 is 0 Å². The van der Waals surface area contributed by atoms with Gasteiger partial charge >= 0.3 is 0 Å². The van der Waals surface area contributed by atoms with Crippen LogP contribution in [0, 0.1) is 0 Å². The molecule has 0 aliphatic rings. The average molecular weight is 316 g/mol. The summed E-state index contributed by atoms with van der Waals surface area (Å²) < 4.78 is 0. The molecule has 2 aromatic rings. The Morgan fingerprint density at radius 2 is 1.00 bits per heavy atom. The third kappa shape index (κ3) is 3.46. The molecule has 0 atom stereocenters. The minimum atomic E-state index is 0.0554. The van der Waals surface area contributed by atoms with E-state index in [1.165, 1.54) is 0 Å². The number of hydrogen-bond acceptors (Lipinski definition) is 1. The van der Waals surface area contributed by atoms with Gasteiger partial charge in [0.1, 0.15) is 0 Å². The molecule has 0 fully saturated rings. The minimum Gasteiger partial charge on any atom is -0.294 e. The Labute approximate surface area is 145 Å². The monoisotopic (exact) mass is 316 g/mol. The van der Waals surface area contributed by atoms with Crippen molar-refractivity contribution in [2.24, 2.45) is 0 Å². The maximum absolute atomic E-state index is 11.8. The lowest BCUT2D eigenvalue weighted by Crippen LogP contribution is -1.98. The highest BCUT2D eigenvalue weighted by molar-refractivity contribution is 5.99. The van der Waals surface area contributed by atoms with Gasteiger partial charge in [0.15, 0.2) is 5.78 Å². The number of carbonyl (C=O) groups is 1. The first kappa shape index (κ1) is 17.7. The molecule has 2 aromatic carbocycles. The summed E-state index contributed by atoms with van der Waals surface area (Å²) >= 11 is 0. The van der Waals surface area contributed by atoms with Crippen LogP contribution in [0.2, 0.25) is 0 Å². The lowest BCUT2D eigenvalue weighted by atomic mass is 9.90. The number of benzene rings is 2. The van der Waals surface area contributed by atoms with E-state index in [0.717, 1.165) is 44.5 Å². The summed E-state index contributed by atoms with van der Waals surface area (Å²) in [5, 5.41) is 0. The number of allylic oxidation sites excluding steroid dienone is 3. The highest BCUT2D eigenvalue weighted by Crippen LogP contribution is 2.31. The topological polar surface area (TPSA) is 17.1 Å². The molecule has 2 rings (SSSR count). The molecular formula is C23H24O. The van der Waals surface area contributed by atoms with Gasteiger partial charge in [-0.2, -0.15) is 0 Å². The van der Waals surface area contributed by atoms with Crippen molar-refractivity contribution in [1.29, 1.82) is 0 Å². The Hall–Kier alpha value is -2.67. The van der Waals surface area contributed by atoms with Gasteiger partial charge in [0.05, 0.1) is 0 Å². The van der Waals surface area contributed by atoms with Crippen LogP contribution < -0.4 is 0 Å². The molecule has 122 valence electrons. The first-order chi connectivity index (χ1) is 11.2. The van der Waals surface area contributed by atoms with Gasteiger partial charge in [-0.25, -0.2) is 0 Å². The van der Waals surface area contributed by atoms with Gasteiger partial charge in [-0.3, -0.25) is 4.79 Å². The summed E-state index contributed by atoms with van der Waals surface area (Å²) in [5.74, 6) is 0.0554. The van der Waals surface area contributed by atoms with Gasteiger partial charge in [-0.1, -0.05) is 60.7 Å². The van der Waals surface area contributed by atoms with E-state index in [4.69, 9.17) is 0 Å². The molecular weight excluding hydrogens is 292 g/mol. The van der Waals surface area contributed by atoms with Gasteiger partial charge in [0.2, 0.25) is 0 Å². The highest BCUT2D eigenvalue weighted by atomic mass is 16.1. The predicted octanol–water partition coefficient (Wildman–Crippen LogP) is 6.66. The Kier molecular flexibility index (Phi) is 5.04. The van der Waals surface area contributed by atoms with Crippen molar-refractivity contribution in [3.8, 4) is 11.1 Å². The predicted molar refractivity (Wildman–Crippen MR) is 106 cm³/mol. The van der Waals surface area contributed by atoms with Crippen LogP contribution >= 0.6 is 0 Å².